The molecule has 1 N–H and O–H groups in total. The molecule has 2 atom stereocenters. The Bertz CT molecular complexity index is 506. The number of ether oxygens (including phenoxy) is 1. The van der Waals surface area contributed by atoms with Crippen LogP contribution in [0, 0.1) is 0 Å². The molecule has 0 radical (unpaired) electrons. The Morgan fingerprint density at radius 3 is 2.29 bits per heavy atom. The average molecular weight is 297 g/mol. The summed E-state index contributed by atoms with van der Waals surface area (Å²) in [5.41, 5.74) is 0.463. The molecule has 2 aliphatic rings. The summed E-state index contributed by atoms with van der Waals surface area (Å²) in [5.74, 6) is -0.0587. The molecule has 2 bridgehead atoms. The molecule has 6 heteroatoms. The second-order valence-electron chi connectivity index (χ2n) is 5.63. The van der Waals surface area contributed by atoms with Gasteiger partial charge in [0.05, 0.1) is 6.10 Å². The maximum absolute atomic E-state index is 12.6. The van der Waals surface area contributed by atoms with Crippen LogP contribution in [0.2, 0.25) is 0 Å². The number of fused-ring (bicyclic) bond motifs is 2. The molecular weight excluding hydrogens is 280 g/mol. The molecule has 2 saturated heterocycles. The van der Waals surface area contributed by atoms with E-state index in [9.17, 15) is 18.7 Å². The third kappa shape index (κ3) is 2.85. The van der Waals surface area contributed by atoms with Crippen molar-refractivity contribution in [2.24, 2.45) is 0 Å². The Balaban J connectivity index is 1.73. The van der Waals surface area contributed by atoms with E-state index in [2.05, 4.69) is 4.74 Å². The van der Waals surface area contributed by atoms with Crippen molar-refractivity contribution >= 4 is 5.91 Å². The second kappa shape index (κ2) is 5.60. The number of aliphatic hydroxyl groups is 1. The number of hydrogen-bond acceptors (Lipinski definition) is 3. The van der Waals surface area contributed by atoms with Crippen LogP contribution in [0.4, 0.5) is 8.78 Å². The smallest absolute Gasteiger partial charge is 0.387 e. The van der Waals surface area contributed by atoms with Gasteiger partial charge in [-0.05, 0) is 49.9 Å². The Kier molecular flexibility index (Phi) is 3.80. The molecule has 1 aromatic rings. The highest BCUT2D eigenvalue weighted by molar-refractivity contribution is 5.95. The first kappa shape index (κ1) is 14.3. The van der Waals surface area contributed by atoms with Gasteiger partial charge in [0.25, 0.3) is 5.91 Å². The number of piperidine rings is 1. The molecule has 0 aromatic heterocycles. The van der Waals surface area contributed by atoms with Crippen molar-refractivity contribution < 1.29 is 23.4 Å². The van der Waals surface area contributed by atoms with Crippen LogP contribution < -0.4 is 4.74 Å². The first-order chi connectivity index (χ1) is 10.0. The van der Waals surface area contributed by atoms with Crippen LogP contribution in [0.1, 0.15) is 36.0 Å². The Morgan fingerprint density at radius 1 is 1.19 bits per heavy atom. The number of nitrogens with zero attached hydrogens (tertiary/aromatic N) is 1. The quantitative estimate of drug-likeness (QED) is 0.932. The third-order valence-electron chi connectivity index (χ3n) is 4.27. The number of rotatable bonds is 3. The summed E-state index contributed by atoms with van der Waals surface area (Å²) >= 11 is 0. The summed E-state index contributed by atoms with van der Waals surface area (Å²) < 4.78 is 28.5. The highest BCUT2D eigenvalue weighted by Crippen LogP contribution is 2.36. The zero-order valence-electron chi connectivity index (χ0n) is 11.4. The predicted molar refractivity (Wildman–Crippen MR) is 71.3 cm³/mol. The average Bonchev–Trinajstić information content (AvgIpc) is 2.70. The van der Waals surface area contributed by atoms with Crippen LogP contribution in [-0.4, -0.2) is 40.7 Å². The lowest BCUT2D eigenvalue weighted by Crippen LogP contribution is -2.47. The number of alkyl halides is 2. The standard InChI is InChI=1S/C15H17F2NO3/c16-15(17)21-13-5-1-9(2-6-13)14(20)18-10-3-4-11(18)8-12(19)7-10/h1-2,5-6,10-12,15,19H,3-4,7-8H2. The van der Waals surface area contributed by atoms with E-state index in [-0.39, 0.29) is 29.8 Å². The largest absolute Gasteiger partial charge is 0.435 e. The predicted octanol–water partition coefficient (Wildman–Crippen LogP) is 2.42. The number of carbonyl (C=O) groups excluding carboxylic acids is 1. The van der Waals surface area contributed by atoms with Crippen molar-refractivity contribution in [2.45, 2.75) is 50.5 Å². The van der Waals surface area contributed by atoms with Crippen LogP contribution >= 0.6 is 0 Å². The topological polar surface area (TPSA) is 49.8 Å². The Morgan fingerprint density at radius 2 is 1.76 bits per heavy atom. The summed E-state index contributed by atoms with van der Waals surface area (Å²) in [7, 11) is 0. The van der Waals surface area contributed by atoms with E-state index in [1.165, 1.54) is 24.3 Å². The van der Waals surface area contributed by atoms with Crippen LogP contribution in [0.3, 0.4) is 0 Å². The Hall–Kier alpha value is -1.69. The van der Waals surface area contributed by atoms with Crippen LogP contribution in [0.25, 0.3) is 0 Å². The minimum atomic E-state index is -2.87. The van der Waals surface area contributed by atoms with Crippen molar-refractivity contribution in [3.05, 3.63) is 29.8 Å². The molecule has 2 unspecified atom stereocenters. The summed E-state index contributed by atoms with van der Waals surface area (Å²) in [5, 5.41) is 9.75. The SMILES string of the molecule is O=C(c1ccc(OC(F)F)cc1)N1C2CCC1CC(O)C2. The lowest BCUT2D eigenvalue weighted by Gasteiger charge is -2.37. The van der Waals surface area contributed by atoms with Gasteiger partial charge >= 0.3 is 6.61 Å². The number of benzene rings is 1. The van der Waals surface area contributed by atoms with Gasteiger partial charge in [-0.25, -0.2) is 0 Å². The molecule has 114 valence electrons. The fourth-order valence-corrected chi connectivity index (χ4v) is 3.41. The molecule has 3 rings (SSSR count). The minimum Gasteiger partial charge on any atom is -0.435 e. The van der Waals surface area contributed by atoms with Gasteiger partial charge in [-0.1, -0.05) is 0 Å². The van der Waals surface area contributed by atoms with Gasteiger partial charge in [0.1, 0.15) is 5.75 Å². The number of aliphatic hydroxyl groups excluding tert-OH is 1. The highest BCUT2D eigenvalue weighted by Gasteiger charge is 2.42. The van der Waals surface area contributed by atoms with E-state index in [4.69, 9.17) is 0 Å². The van der Waals surface area contributed by atoms with Gasteiger partial charge in [-0.15, -0.1) is 0 Å². The minimum absolute atomic E-state index is 0.0404. The van der Waals surface area contributed by atoms with Gasteiger partial charge in [0, 0.05) is 17.6 Å². The Labute approximate surface area is 121 Å². The van der Waals surface area contributed by atoms with Crippen molar-refractivity contribution in [3.63, 3.8) is 0 Å². The first-order valence-corrected chi connectivity index (χ1v) is 7.10. The number of halogens is 2. The van der Waals surface area contributed by atoms with Gasteiger partial charge in [-0.2, -0.15) is 8.78 Å². The van der Waals surface area contributed by atoms with Crippen LogP contribution in [-0.2, 0) is 0 Å². The molecule has 4 nitrogen and oxygen atoms in total. The molecule has 0 spiro atoms. The third-order valence-corrected chi connectivity index (χ3v) is 4.27. The van der Waals surface area contributed by atoms with Crippen molar-refractivity contribution in [3.8, 4) is 5.75 Å². The van der Waals surface area contributed by atoms with Gasteiger partial charge < -0.3 is 14.7 Å². The maximum Gasteiger partial charge on any atom is 0.387 e. The molecule has 1 amide bonds. The first-order valence-electron chi connectivity index (χ1n) is 7.10. The number of carbonyl (C=O) groups is 1. The number of hydrogen-bond donors (Lipinski definition) is 1. The van der Waals surface area contributed by atoms with Crippen molar-refractivity contribution in [2.75, 3.05) is 0 Å². The second-order valence-corrected chi connectivity index (χ2v) is 5.63. The normalized spacial score (nSPS) is 28.0. The van der Waals surface area contributed by atoms with Crippen molar-refractivity contribution in [1.82, 2.24) is 4.90 Å². The molecule has 2 fully saturated rings. The van der Waals surface area contributed by atoms with Gasteiger partial charge in [-0.3, -0.25) is 4.79 Å². The van der Waals surface area contributed by atoms with E-state index >= 15 is 0 Å². The van der Waals surface area contributed by atoms with E-state index < -0.39 is 6.61 Å². The fourth-order valence-electron chi connectivity index (χ4n) is 3.41. The zero-order chi connectivity index (χ0) is 15.0. The number of amides is 1. The zero-order valence-corrected chi connectivity index (χ0v) is 11.4. The van der Waals surface area contributed by atoms with Crippen LogP contribution in [0.15, 0.2) is 24.3 Å². The van der Waals surface area contributed by atoms with E-state index in [0.29, 0.717) is 18.4 Å². The summed E-state index contributed by atoms with van der Waals surface area (Å²) in [6.45, 7) is -2.87. The summed E-state index contributed by atoms with van der Waals surface area (Å²) in [6.07, 6.45) is 2.75. The van der Waals surface area contributed by atoms with Crippen LogP contribution in [0.5, 0.6) is 5.75 Å². The van der Waals surface area contributed by atoms with E-state index in [0.717, 1.165) is 12.8 Å². The molecule has 0 aliphatic carbocycles. The summed E-state index contributed by atoms with van der Waals surface area (Å²) in [6, 6.07) is 5.93. The lowest BCUT2D eigenvalue weighted by molar-refractivity contribution is -0.0498. The lowest BCUT2D eigenvalue weighted by atomic mass is 9.98. The molecule has 2 aliphatic heterocycles. The summed E-state index contributed by atoms with van der Waals surface area (Å²) in [4.78, 5) is 14.4. The fraction of sp³-hybridized carbons (Fsp3) is 0.533. The molecular formula is C15H17F2NO3. The highest BCUT2D eigenvalue weighted by atomic mass is 19.3. The maximum atomic E-state index is 12.6. The van der Waals surface area contributed by atoms with Gasteiger partial charge in [0.15, 0.2) is 0 Å². The van der Waals surface area contributed by atoms with Crippen molar-refractivity contribution in [1.29, 1.82) is 0 Å². The molecule has 0 saturated carbocycles. The monoisotopic (exact) mass is 297 g/mol. The molecule has 2 heterocycles. The van der Waals surface area contributed by atoms with E-state index in [1.807, 2.05) is 4.90 Å². The molecule has 21 heavy (non-hydrogen) atoms. The van der Waals surface area contributed by atoms with Gasteiger partial charge in [0.2, 0.25) is 0 Å². The molecule has 1 aromatic carbocycles. The van der Waals surface area contributed by atoms with E-state index in [1.54, 1.807) is 0 Å².